The highest BCUT2D eigenvalue weighted by Crippen LogP contribution is 2.39. The van der Waals surface area contributed by atoms with Gasteiger partial charge in [-0.15, -0.1) is 0 Å². The summed E-state index contributed by atoms with van der Waals surface area (Å²) >= 11 is 1.60. The minimum Gasteiger partial charge on any atom is -0.353 e. The minimum absolute atomic E-state index is 0.0311. The maximum absolute atomic E-state index is 12.2. The highest BCUT2D eigenvalue weighted by Gasteiger charge is 2.40. The number of aromatic nitrogens is 1. The Balaban J connectivity index is 1.17. The van der Waals surface area contributed by atoms with Gasteiger partial charge in [0.1, 0.15) is 5.82 Å². The molecule has 1 unspecified atom stereocenters. The van der Waals surface area contributed by atoms with Crippen LogP contribution in [0.1, 0.15) is 50.3 Å². The van der Waals surface area contributed by atoms with Gasteiger partial charge in [-0.3, -0.25) is 9.69 Å². The summed E-state index contributed by atoms with van der Waals surface area (Å²) in [6, 6.07) is 15.7. The van der Waals surface area contributed by atoms with Crippen LogP contribution in [0.25, 0.3) is 10.1 Å². The van der Waals surface area contributed by atoms with E-state index in [0.29, 0.717) is 6.42 Å². The summed E-state index contributed by atoms with van der Waals surface area (Å²) < 4.78 is 6.01. The highest BCUT2D eigenvalue weighted by atomic mass is 32.1. The van der Waals surface area contributed by atoms with Crippen molar-refractivity contribution in [2.45, 2.75) is 57.9 Å². The van der Waals surface area contributed by atoms with Gasteiger partial charge in [-0.1, -0.05) is 51.1 Å². The Kier molecular flexibility index (Phi) is 6.63. The molecule has 1 N–H and O–H groups in total. The Bertz CT molecular complexity index is 1160. The summed E-state index contributed by atoms with van der Waals surface area (Å²) in [7, 11) is 0. The summed E-state index contributed by atoms with van der Waals surface area (Å²) in [5, 5.41) is 4.57. The van der Waals surface area contributed by atoms with Crippen LogP contribution in [0.2, 0.25) is 0 Å². The molecule has 5 rings (SSSR count). The molecular formula is C28H36N4OS. The first-order valence-electron chi connectivity index (χ1n) is 12.7. The van der Waals surface area contributed by atoms with Crippen LogP contribution in [0, 0.1) is 0 Å². The standard InChI is InChI=1S/C28H36N4OS/c1-4-7-26(33)29-25-19-21-11-10-20(18-23(21)28(25,2)3)12-13-31-14-16-32(17-15-31)27-22-8-5-6-9-24(22)34-30-27/h5-6,8-11,18,25H,4,7,12-17,19H2,1-3H3,(H,29,33). The lowest BCUT2D eigenvalue weighted by Gasteiger charge is -2.35. The number of fused-ring (bicyclic) bond motifs is 2. The molecule has 0 bridgehead atoms. The lowest BCUT2D eigenvalue weighted by molar-refractivity contribution is -0.122. The molecule has 5 nitrogen and oxygen atoms in total. The van der Waals surface area contributed by atoms with Gasteiger partial charge in [-0.2, -0.15) is 4.37 Å². The van der Waals surface area contributed by atoms with E-state index >= 15 is 0 Å². The number of carbonyl (C=O) groups excluding carboxylic acids is 1. The first-order chi connectivity index (χ1) is 16.5. The monoisotopic (exact) mass is 476 g/mol. The predicted octanol–water partition coefficient (Wildman–Crippen LogP) is 4.78. The zero-order valence-electron chi connectivity index (χ0n) is 20.6. The van der Waals surface area contributed by atoms with Crippen molar-refractivity contribution in [3.8, 4) is 0 Å². The zero-order valence-corrected chi connectivity index (χ0v) is 21.5. The van der Waals surface area contributed by atoms with Gasteiger partial charge in [-0.25, -0.2) is 0 Å². The van der Waals surface area contributed by atoms with Crippen molar-refractivity contribution in [3.63, 3.8) is 0 Å². The smallest absolute Gasteiger partial charge is 0.220 e. The number of rotatable bonds is 7. The molecule has 0 saturated carbocycles. The van der Waals surface area contributed by atoms with Gasteiger partial charge < -0.3 is 10.2 Å². The van der Waals surface area contributed by atoms with Gasteiger partial charge in [-0.05, 0) is 59.6 Å². The second-order valence-corrected chi connectivity index (χ2v) is 11.2. The van der Waals surface area contributed by atoms with Crippen LogP contribution in [0.4, 0.5) is 5.82 Å². The van der Waals surface area contributed by atoms with E-state index in [1.165, 1.54) is 26.8 Å². The fourth-order valence-corrected chi connectivity index (χ4v) is 6.31. The molecule has 6 heteroatoms. The molecule has 1 aliphatic heterocycles. The fraction of sp³-hybridized carbons (Fsp3) is 0.500. The second kappa shape index (κ2) is 9.67. The molecule has 1 saturated heterocycles. The van der Waals surface area contributed by atoms with Crippen molar-refractivity contribution in [2.24, 2.45) is 0 Å². The third-order valence-corrected chi connectivity index (χ3v) is 8.54. The van der Waals surface area contributed by atoms with Gasteiger partial charge in [0, 0.05) is 56.0 Å². The Morgan fingerprint density at radius 2 is 1.94 bits per heavy atom. The highest BCUT2D eigenvalue weighted by molar-refractivity contribution is 7.13. The largest absolute Gasteiger partial charge is 0.353 e. The zero-order chi connectivity index (χ0) is 23.7. The number of anilines is 1. The Morgan fingerprint density at radius 3 is 2.74 bits per heavy atom. The summed E-state index contributed by atoms with van der Waals surface area (Å²) in [6.45, 7) is 11.9. The van der Waals surface area contributed by atoms with Gasteiger partial charge >= 0.3 is 0 Å². The van der Waals surface area contributed by atoms with Crippen LogP contribution in [0.15, 0.2) is 42.5 Å². The van der Waals surface area contributed by atoms with Crippen LogP contribution >= 0.6 is 11.5 Å². The SMILES string of the molecule is CCCC(=O)NC1Cc2ccc(CCN3CCN(c4nsc5ccccc45)CC3)cc2C1(C)C. The van der Waals surface area contributed by atoms with Crippen molar-refractivity contribution >= 4 is 33.3 Å². The molecule has 180 valence electrons. The normalized spacial score (nSPS) is 20.0. The van der Waals surface area contributed by atoms with E-state index in [0.717, 1.165) is 57.8 Å². The summed E-state index contributed by atoms with van der Waals surface area (Å²) in [5.74, 6) is 1.33. The molecule has 1 fully saturated rings. The van der Waals surface area contributed by atoms with Crippen molar-refractivity contribution < 1.29 is 4.79 Å². The van der Waals surface area contributed by atoms with Gasteiger partial charge in [0.25, 0.3) is 0 Å². The Morgan fingerprint density at radius 1 is 1.15 bits per heavy atom. The Hall–Kier alpha value is -2.44. The molecular weight excluding hydrogens is 440 g/mol. The van der Waals surface area contributed by atoms with E-state index in [1.54, 1.807) is 11.5 Å². The number of amides is 1. The van der Waals surface area contributed by atoms with Crippen LogP contribution < -0.4 is 10.2 Å². The summed E-state index contributed by atoms with van der Waals surface area (Å²) in [6.07, 6.45) is 3.51. The number of carbonyl (C=O) groups is 1. The molecule has 1 amide bonds. The first-order valence-corrected chi connectivity index (χ1v) is 13.5. The number of piperazine rings is 1. The van der Waals surface area contributed by atoms with E-state index in [2.05, 4.69) is 78.4 Å². The van der Waals surface area contributed by atoms with Crippen LogP contribution in [-0.4, -0.2) is 53.9 Å². The van der Waals surface area contributed by atoms with Crippen molar-refractivity contribution in [1.29, 1.82) is 0 Å². The van der Waals surface area contributed by atoms with E-state index in [1.807, 2.05) is 0 Å². The van der Waals surface area contributed by atoms with Crippen LogP contribution in [0.5, 0.6) is 0 Å². The fourth-order valence-electron chi connectivity index (χ4n) is 5.52. The number of nitrogens with zero attached hydrogens (tertiary/aromatic N) is 3. The molecule has 2 aromatic carbocycles. The van der Waals surface area contributed by atoms with E-state index < -0.39 is 0 Å². The van der Waals surface area contributed by atoms with Gasteiger partial charge in [0.2, 0.25) is 5.91 Å². The van der Waals surface area contributed by atoms with Crippen LogP contribution in [-0.2, 0) is 23.1 Å². The number of hydrogen-bond donors (Lipinski definition) is 1. The Labute approximate surface area is 207 Å². The molecule has 0 radical (unpaired) electrons. The number of hydrogen-bond acceptors (Lipinski definition) is 5. The van der Waals surface area contributed by atoms with Crippen molar-refractivity contribution in [3.05, 3.63) is 59.2 Å². The second-order valence-electron chi connectivity index (χ2n) is 10.4. The topological polar surface area (TPSA) is 48.5 Å². The van der Waals surface area contributed by atoms with E-state index in [-0.39, 0.29) is 17.4 Å². The molecule has 3 aromatic rings. The minimum atomic E-state index is -0.0311. The third kappa shape index (κ3) is 4.58. The average Bonchev–Trinajstić information content (AvgIpc) is 3.37. The van der Waals surface area contributed by atoms with Crippen molar-refractivity contribution in [2.75, 3.05) is 37.6 Å². The van der Waals surface area contributed by atoms with Gasteiger partial charge in [0.05, 0.1) is 4.70 Å². The quantitative estimate of drug-likeness (QED) is 0.533. The summed E-state index contributed by atoms with van der Waals surface area (Å²) in [5.41, 5.74) is 4.17. The lowest BCUT2D eigenvalue weighted by atomic mass is 9.82. The molecule has 34 heavy (non-hydrogen) atoms. The molecule has 2 heterocycles. The maximum atomic E-state index is 12.2. The molecule has 0 spiro atoms. The van der Waals surface area contributed by atoms with Crippen LogP contribution in [0.3, 0.4) is 0 Å². The van der Waals surface area contributed by atoms with E-state index in [9.17, 15) is 4.79 Å². The molecule has 2 aliphatic rings. The van der Waals surface area contributed by atoms with Gasteiger partial charge in [0.15, 0.2) is 0 Å². The van der Waals surface area contributed by atoms with Crippen molar-refractivity contribution in [1.82, 2.24) is 14.6 Å². The molecule has 1 aromatic heterocycles. The first kappa shape index (κ1) is 23.3. The lowest BCUT2D eigenvalue weighted by Crippen LogP contribution is -2.47. The predicted molar refractivity (Wildman–Crippen MR) is 142 cm³/mol. The number of benzene rings is 2. The number of nitrogens with one attached hydrogen (secondary N) is 1. The summed E-state index contributed by atoms with van der Waals surface area (Å²) in [4.78, 5) is 17.2. The average molecular weight is 477 g/mol. The maximum Gasteiger partial charge on any atom is 0.220 e. The molecule has 1 atom stereocenters. The third-order valence-electron chi connectivity index (χ3n) is 7.72. The van der Waals surface area contributed by atoms with E-state index in [4.69, 9.17) is 4.37 Å². The molecule has 1 aliphatic carbocycles.